The maximum atomic E-state index is 11.2. The van der Waals surface area contributed by atoms with E-state index >= 15 is 0 Å². The lowest BCUT2D eigenvalue weighted by molar-refractivity contribution is -0.385. The smallest absolute Gasteiger partial charge is 0.273 e. The molecule has 0 unspecified atom stereocenters. The van der Waals surface area contributed by atoms with Crippen molar-refractivity contribution < 1.29 is 14.8 Å². The molecule has 7 heteroatoms. The Labute approximate surface area is 144 Å². The highest BCUT2D eigenvalue weighted by Gasteiger charge is 2.28. The number of hydrogen-bond donors (Lipinski definition) is 1. The van der Waals surface area contributed by atoms with Crippen molar-refractivity contribution in [1.82, 2.24) is 4.90 Å². The van der Waals surface area contributed by atoms with Gasteiger partial charge in [0, 0.05) is 35.6 Å². The molecule has 0 radical (unpaired) electrons. The average molecular weight is 348 g/mol. The molecule has 1 fully saturated rings. The van der Waals surface area contributed by atoms with E-state index in [0.717, 1.165) is 4.88 Å². The van der Waals surface area contributed by atoms with Crippen molar-refractivity contribution in [1.29, 1.82) is 0 Å². The fourth-order valence-corrected chi connectivity index (χ4v) is 3.74. The third-order valence-electron chi connectivity index (χ3n) is 4.28. The summed E-state index contributed by atoms with van der Waals surface area (Å²) in [7, 11) is 0. The number of aliphatic hydroxyl groups excluding tert-OH is 1. The molecule has 128 valence electrons. The highest BCUT2D eigenvalue weighted by molar-refractivity contribution is 7.10. The van der Waals surface area contributed by atoms with Crippen LogP contribution in [0.3, 0.4) is 0 Å². The third-order valence-corrected chi connectivity index (χ3v) is 5.25. The minimum Gasteiger partial charge on any atom is -0.388 e. The van der Waals surface area contributed by atoms with Gasteiger partial charge in [-0.3, -0.25) is 15.0 Å². The summed E-state index contributed by atoms with van der Waals surface area (Å²) >= 11 is 1.53. The summed E-state index contributed by atoms with van der Waals surface area (Å²) in [5, 5.41) is 23.6. The molecule has 1 aromatic carbocycles. The molecule has 0 bridgehead atoms. The SMILES string of the molecule is O=[N+]([O-])c1ccccc1CN1CCOC[C@H]1C[C@H](O)c1cccs1. The number of benzene rings is 1. The topological polar surface area (TPSA) is 75.8 Å². The van der Waals surface area contributed by atoms with Gasteiger partial charge in [-0.25, -0.2) is 0 Å². The number of nitro groups is 1. The van der Waals surface area contributed by atoms with Crippen molar-refractivity contribution in [3.05, 3.63) is 62.3 Å². The summed E-state index contributed by atoms with van der Waals surface area (Å²) < 4.78 is 5.56. The van der Waals surface area contributed by atoms with Crippen molar-refractivity contribution in [2.24, 2.45) is 0 Å². The normalized spacial score (nSPS) is 20.0. The summed E-state index contributed by atoms with van der Waals surface area (Å²) in [6.07, 6.45) is 0.0196. The second-order valence-corrected chi connectivity index (χ2v) is 6.83. The zero-order valence-electron chi connectivity index (χ0n) is 13.2. The fourth-order valence-electron chi connectivity index (χ4n) is 3.01. The number of thiophene rings is 1. The summed E-state index contributed by atoms with van der Waals surface area (Å²) in [5.74, 6) is 0. The largest absolute Gasteiger partial charge is 0.388 e. The molecule has 0 amide bonds. The number of para-hydroxylation sites is 1. The van der Waals surface area contributed by atoms with Crippen LogP contribution in [0, 0.1) is 10.1 Å². The lowest BCUT2D eigenvalue weighted by atomic mass is 10.0. The second kappa shape index (κ2) is 7.85. The minimum absolute atomic E-state index is 0.0376. The van der Waals surface area contributed by atoms with E-state index in [9.17, 15) is 15.2 Å². The number of morpholine rings is 1. The molecule has 1 saturated heterocycles. The standard InChI is InChI=1S/C17H20N2O4S/c20-16(17-6-3-9-24-17)10-14-12-23-8-7-18(14)11-13-4-1-2-5-15(13)19(21)22/h1-6,9,14,16,20H,7-8,10-12H2/t14-,16+/m1/s1. The first kappa shape index (κ1) is 17.0. The number of hydrogen-bond acceptors (Lipinski definition) is 6. The van der Waals surface area contributed by atoms with E-state index in [4.69, 9.17) is 4.74 Å². The van der Waals surface area contributed by atoms with Gasteiger partial charge in [-0.05, 0) is 17.9 Å². The van der Waals surface area contributed by atoms with E-state index in [2.05, 4.69) is 4.90 Å². The summed E-state index contributed by atoms with van der Waals surface area (Å²) in [6, 6.07) is 10.7. The van der Waals surface area contributed by atoms with Gasteiger partial charge in [0.1, 0.15) is 0 Å². The van der Waals surface area contributed by atoms with E-state index in [1.807, 2.05) is 23.6 Å². The van der Waals surface area contributed by atoms with Gasteiger partial charge in [0.2, 0.25) is 0 Å². The Morgan fingerprint density at radius 1 is 1.38 bits per heavy atom. The van der Waals surface area contributed by atoms with Crippen molar-refractivity contribution >= 4 is 17.0 Å². The summed E-state index contributed by atoms with van der Waals surface area (Å²) in [6.45, 7) is 2.32. The van der Waals surface area contributed by atoms with Crippen LogP contribution in [0.1, 0.15) is 23.0 Å². The van der Waals surface area contributed by atoms with Gasteiger partial charge in [-0.1, -0.05) is 24.3 Å². The Morgan fingerprint density at radius 2 is 2.21 bits per heavy atom. The Kier molecular flexibility index (Phi) is 5.57. The molecule has 1 N–H and O–H groups in total. The Bertz CT molecular complexity index is 677. The first-order chi connectivity index (χ1) is 11.6. The highest BCUT2D eigenvalue weighted by Crippen LogP contribution is 2.28. The summed E-state index contributed by atoms with van der Waals surface area (Å²) in [4.78, 5) is 14.0. The van der Waals surface area contributed by atoms with E-state index in [1.165, 1.54) is 17.4 Å². The van der Waals surface area contributed by atoms with E-state index < -0.39 is 6.10 Å². The predicted octanol–water partition coefficient (Wildman–Crippen LogP) is 2.98. The van der Waals surface area contributed by atoms with Gasteiger partial charge in [0.15, 0.2) is 0 Å². The van der Waals surface area contributed by atoms with Crippen molar-refractivity contribution in [3.8, 4) is 0 Å². The molecule has 1 aromatic heterocycles. The molecule has 1 aliphatic heterocycles. The Hall–Kier alpha value is -1.80. The summed E-state index contributed by atoms with van der Waals surface area (Å²) in [5.41, 5.74) is 0.835. The lowest BCUT2D eigenvalue weighted by Gasteiger charge is -2.36. The monoisotopic (exact) mass is 348 g/mol. The van der Waals surface area contributed by atoms with Crippen LogP contribution in [0.15, 0.2) is 41.8 Å². The van der Waals surface area contributed by atoms with E-state index in [1.54, 1.807) is 12.1 Å². The van der Waals surface area contributed by atoms with Crippen LogP contribution in [0.4, 0.5) is 5.69 Å². The van der Waals surface area contributed by atoms with Crippen LogP contribution in [-0.2, 0) is 11.3 Å². The molecule has 0 aliphatic carbocycles. The van der Waals surface area contributed by atoms with Gasteiger partial charge in [0.05, 0.1) is 24.2 Å². The quantitative estimate of drug-likeness (QED) is 0.641. The van der Waals surface area contributed by atoms with Crippen LogP contribution in [0.5, 0.6) is 0 Å². The Morgan fingerprint density at radius 3 is 2.96 bits per heavy atom. The molecule has 6 nitrogen and oxygen atoms in total. The predicted molar refractivity (Wildman–Crippen MR) is 92.0 cm³/mol. The van der Waals surface area contributed by atoms with Gasteiger partial charge in [-0.15, -0.1) is 11.3 Å². The maximum Gasteiger partial charge on any atom is 0.273 e. The highest BCUT2D eigenvalue weighted by atomic mass is 32.1. The molecule has 0 saturated carbocycles. The van der Waals surface area contributed by atoms with Gasteiger partial charge >= 0.3 is 0 Å². The fraction of sp³-hybridized carbons (Fsp3) is 0.412. The van der Waals surface area contributed by atoms with Crippen molar-refractivity contribution in [2.75, 3.05) is 19.8 Å². The van der Waals surface area contributed by atoms with Gasteiger partial charge in [-0.2, -0.15) is 0 Å². The zero-order chi connectivity index (χ0) is 16.9. The van der Waals surface area contributed by atoms with Gasteiger partial charge in [0.25, 0.3) is 5.69 Å². The Balaban J connectivity index is 1.72. The van der Waals surface area contributed by atoms with Crippen molar-refractivity contribution in [2.45, 2.75) is 25.1 Å². The first-order valence-corrected chi connectivity index (χ1v) is 8.78. The van der Waals surface area contributed by atoms with Gasteiger partial charge < -0.3 is 9.84 Å². The molecule has 0 spiro atoms. The number of nitro benzene ring substituents is 1. The van der Waals surface area contributed by atoms with Crippen LogP contribution >= 0.6 is 11.3 Å². The number of rotatable bonds is 6. The van der Waals surface area contributed by atoms with Crippen LogP contribution < -0.4 is 0 Å². The maximum absolute atomic E-state index is 11.2. The van der Waals surface area contributed by atoms with Crippen molar-refractivity contribution in [3.63, 3.8) is 0 Å². The molecular formula is C17H20N2O4S. The number of aliphatic hydroxyl groups is 1. The molecule has 1 aliphatic rings. The first-order valence-electron chi connectivity index (χ1n) is 7.90. The van der Waals surface area contributed by atoms with Crippen LogP contribution in [-0.4, -0.2) is 40.7 Å². The molecule has 2 atom stereocenters. The average Bonchev–Trinajstić information content (AvgIpc) is 3.11. The zero-order valence-corrected chi connectivity index (χ0v) is 14.0. The third kappa shape index (κ3) is 3.99. The van der Waals surface area contributed by atoms with Crippen LogP contribution in [0.2, 0.25) is 0 Å². The molecule has 2 aromatic rings. The minimum atomic E-state index is -0.537. The van der Waals surface area contributed by atoms with E-state index in [-0.39, 0.29) is 16.7 Å². The lowest BCUT2D eigenvalue weighted by Crippen LogP contribution is -2.45. The molecule has 3 rings (SSSR count). The molecular weight excluding hydrogens is 328 g/mol. The van der Waals surface area contributed by atoms with Crippen LogP contribution in [0.25, 0.3) is 0 Å². The number of nitrogens with zero attached hydrogens (tertiary/aromatic N) is 2. The number of ether oxygens (including phenoxy) is 1. The van der Waals surface area contributed by atoms with E-state index in [0.29, 0.717) is 38.3 Å². The second-order valence-electron chi connectivity index (χ2n) is 5.85. The molecule has 24 heavy (non-hydrogen) atoms. The molecule has 2 heterocycles.